The molecule has 1 aliphatic heterocycles. The normalized spacial score (nSPS) is 16.3. The summed E-state index contributed by atoms with van der Waals surface area (Å²) in [6.45, 7) is 4.11. The molecule has 1 heterocycles. The van der Waals surface area contributed by atoms with E-state index < -0.39 is 6.10 Å². The Kier molecular flexibility index (Phi) is 5.22. The molecule has 0 saturated heterocycles. The number of hydrogen-bond acceptors (Lipinski definition) is 4. The van der Waals surface area contributed by atoms with Crippen LogP contribution in [0.4, 0.5) is 5.69 Å². The highest BCUT2D eigenvalue weighted by Gasteiger charge is 2.34. The number of rotatable bonds is 5. The van der Waals surface area contributed by atoms with Crippen LogP contribution >= 0.6 is 0 Å². The van der Waals surface area contributed by atoms with Gasteiger partial charge in [0.15, 0.2) is 6.10 Å². The first-order valence-electron chi connectivity index (χ1n) is 7.67. The number of fused-ring (bicyclic) bond motifs is 1. The van der Waals surface area contributed by atoms with E-state index in [1.807, 2.05) is 38.1 Å². The number of ether oxygens (including phenoxy) is 1. The van der Waals surface area contributed by atoms with Crippen molar-refractivity contribution in [2.24, 2.45) is 0 Å². The summed E-state index contributed by atoms with van der Waals surface area (Å²) < 4.78 is 5.73. The molecule has 0 radical (unpaired) electrons. The molecule has 1 aromatic carbocycles. The van der Waals surface area contributed by atoms with E-state index in [0.29, 0.717) is 24.4 Å². The maximum absolute atomic E-state index is 12.6. The second kappa shape index (κ2) is 7.14. The zero-order valence-electron chi connectivity index (χ0n) is 13.7. The highest BCUT2D eigenvalue weighted by atomic mass is 16.5. The third-order valence-electron chi connectivity index (χ3n) is 3.86. The van der Waals surface area contributed by atoms with Crippen LogP contribution in [0.5, 0.6) is 5.75 Å². The molecule has 0 bridgehead atoms. The third kappa shape index (κ3) is 3.62. The van der Waals surface area contributed by atoms with Crippen LogP contribution in [0.15, 0.2) is 18.2 Å². The van der Waals surface area contributed by atoms with E-state index in [2.05, 4.69) is 0 Å². The fourth-order valence-electron chi connectivity index (χ4n) is 2.45. The van der Waals surface area contributed by atoms with Crippen molar-refractivity contribution in [2.45, 2.75) is 32.8 Å². The molecule has 6 nitrogen and oxygen atoms in total. The fourth-order valence-corrected chi connectivity index (χ4v) is 2.45. The molecule has 23 heavy (non-hydrogen) atoms. The summed E-state index contributed by atoms with van der Waals surface area (Å²) in [5, 5.41) is 8.62. The zero-order chi connectivity index (χ0) is 17.0. The first kappa shape index (κ1) is 16.8. The van der Waals surface area contributed by atoms with Crippen LogP contribution in [-0.2, 0) is 9.59 Å². The Bertz CT molecular complexity index is 651. The van der Waals surface area contributed by atoms with E-state index in [4.69, 9.17) is 10.00 Å². The van der Waals surface area contributed by atoms with Crippen LogP contribution < -0.4 is 9.64 Å². The lowest BCUT2D eigenvalue weighted by Crippen LogP contribution is -2.50. The van der Waals surface area contributed by atoms with Gasteiger partial charge < -0.3 is 9.64 Å². The zero-order valence-corrected chi connectivity index (χ0v) is 13.7. The van der Waals surface area contributed by atoms with Crippen LogP contribution in [0.1, 0.15) is 25.3 Å². The topological polar surface area (TPSA) is 73.6 Å². The van der Waals surface area contributed by atoms with Crippen molar-refractivity contribution in [3.63, 3.8) is 0 Å². The average Bonchev–Trinajstić information content (AvgIpc) is 2.54. The lowest BCUT2D eigenvalue weighted by molar-refractivity contribution is -0.132. The number of amides is 2. The number of hydrogen-bond donors (Lipinski definition) is 0. The quantitative estimate of drug-likeness (QED) is 0.831. The molecule has 2 rings (SSSR count). The van der Waals surface area contributed by atoms with Gasteiger partial charge in [-0.25, -0.2) is 0 Å². The molecule has 6 heteroatoms. The van der Waals surface area contributed by atoms with Crippen molar-refractivity contribution in [1.82, 2.24) is 4.90 Å². The van der Waals surface area contributed by atoms with Gasteiger partial charge in [0.2, 0.25) is 5.91 Å². The van der Waals surface area contributed by atoms with Crippen molar-refractivity contribution >= 4 is 17.5 Å². The lowest BCUT2D eigenvalue weighted by Gasteiger charge is -2.34. The minimum atomic E-state index is -0.567. The number of carbonyl (C=O) groups excluding carboxylic acids is 2. The number of nitrogens with zero attached hydrogens (tertiary/aromatic N) is 3. The predicted molar refractivity (Wildman–Crippen MR) is 86.1 cm³/mol. The smallest absolute Gasteiger partial charge is 0.268 e. The molecule has 0 aromatic heterocycles. The minimum Gasteiger partial charge on any atom is -0.478 e. The standard InChI is InChI=1S/C17H21N3O3/c1-4-14-17(22)20(11-16(21)19(3)9-5-8-18)13-10-12(2)6-7-15(13)23-14/h6-7,10,14H,4-5,9,11H2,1-3H3/t14-/m0/s1. The van der Waals surface area contributed by atoms with Gasteiger partial charge >= 0.3 is 0 Å². The number of nitriles is 1. The highest BCUT2D eigenvalue weighted by molar-refractivity contribution is 6.03. The van der Waals surface area contributed by atoms with Crippen LogP contribution in [0.2, 0.25) is 0 Å². The maximum atomic E-state index is 12.6. The van der Waals surface area contributed by atoms with Gasteiger partial charge in [-0.15, -0.1) is 0 Å². The third-order valence-corrected chi connectivity index (χ3v) is 3.86. The summed E-state index contributed by atoms with van der Waals surface area (Å²) in [5.74, 6) is 0.222. The van der Waals surface area contributed by atoms with Crippen LogP contribution in [0.25, 0.3) is 0 Å². The molecule has 0 aliphatic carbocycles. The average molecular weight is 315 g/mol. The maximum Gasteiger partial charge on any atom is 0.268 e. The Morgan fingerprint density at radius 3 is 2.87 bits per heavy atom. The molecule has 1 aliphatic rings. The molecule has 0 fully saturated rings. The lowest BCUT2D eigenvalue weighted by atomic mass is 10.1. The molecular weight excluding hydrogens is 294 g/mol. The SMILES string of the molecule is CC[C@@H]1Oc2ccc(C)cc2N(CC(=O)N(C)CCC#N)C1=O. The molecule has 122 valence electrons. The Morgan fingerprint density at radius 2 is 2.22 bits per heavy atom. The highest BCUT2D eigenvalue weighted by Crippen LogP contribution is 2.35. The molecule has 0 N–H and O–H groups in total. The molecule has 1 aromatic rings. The van der Waals surface area contributed by atoms with E-state index >= 15 is 0 Å². The van der Waals surface area contributed by atoms with Crippen LogP contribution in [-0.4, -0.2) is 43.0 Å². The van der Waals surface area contributed by atoms with Gasteiger partial charge in [-0.05, 0) is 31.0 Å². The molecule has 0 unspecified atom stereocenters. The number of anilines is 1. The van der Waals surface area contributed by atoms with Gasteiger partial charge in [0.1, 0.15) is 12.3 Å². The molecule has 1 atom stereocenters. The Labute approximate surface area is 136 Å². The second-order valence-electron chi connectivity index (χ2n) is 5.63. The van der Waals surface area contributed by atoms with Crippen LogP contribution in [0, 0.1) is 18.3 Å². The molecule has 0 spiro atoms. The number of likely N-dealkylation sites (N-methyl/N-ethyl adjacent to an activating group) is 1. The van der Waals surface area contributed by atoms with Gasteiger partial charge in [0.05, 0.1) is 18.2 Å². The van der Waals surface area contributed by atoms with Gasteiger partial charge in [0.25, 0.3) is 5.91 Å². The number of benzene rings is 1. The van der Waals surface area contributed by atoms with Crippen molar-refractivity contribution in [3.8, 4) is 11.8 Å². The van der Waals surface area contributed by atoms with Gasteiger partial charge in [-0.2, -0.15) is 5.26 Å². The summed E-state index contributed by atoms with van der Waals surface area (Å²) in [6, 6.07) is 7.61. The summed E-state index contributed by atoms with van der Waals surface area (Å²) in [4.78, 5) is 27.9. The van der Waals surface area contributed by atoms with Crippen LogP contribution in [0.3, 0.4) is 0 Å². The Hall–Kier alpha value is -2.55. The summed E-state index contributed by atoms with van der Waals surface area (Å²) in [7, 11) is 1.64. The number of carbonyl (C=O) groups is 2. The first-order chi connectivity index (χ1) is 11.0. The summed E-state index contributed by atoms with van der Waals surface area (Å²) in [5.41, 5.74) is 1.62. The number of aryl methyl sites for hydroxylation is 1. The molecule has 0 saturated carbocycles. The largest absolute Gasteiger partial charge is 0.478 e. The minimum absolute atomic E-state index is 0.0446. The first-order valence-corrected chi connectivity index (χ1v) is 7.67. The van der Waals surface area contributed by atoms with E-state index in [0.717, 1.165) is 5.56 Å². The summed E-state index contributed by atoms with van der Waals surface area (Å²) >= 11 is 0. The predicted octanol–water partition coefficient (Wildman–Crippen LogP) is 1.87. The van der Waals surface area contributed by atoms with E-state index in [1.54, 1.807) is 7.05 Å². The van der Waals surface area contributed by atoms with E-state index in [-0.39, 0.29) is 24.8 Å². The van der Waals surface area contributed by atoms with E-state index in [9.17, 15) is 9.59 Å². The van der Waals surface area contributed by atoms with Gasteiger partial charge in [-0.1, -0.05) is 13.0 Å². The van der Waals surface area contributed by atoms with Gasteiger partial charge in [0, 0.05) is 13.6 Å². The van der Waals surface area contributed by atoms with Crippen molar-refractivity contribution in [2.75, 3.05) is 25.0 Å². The van der Waals surface area contributed by atoms with Crippen molar-refractivity contribution in [1.29, 1.82) is 5.26 Å². The molecule has 2 amide bonds. The molecular formula is C17H21N3O3. The van der Waals surface area contributed by atoms with Crippen molar-refractivity contribution in [3.05, 3.63) is 23.8 Å². The van der Waals surface area contributed by atoms with Gasteiger partial charge in [-0.3, -0.25) is 14.5 Å². The monoisotopic (exact) mass is 315 g/mol. The Morgan fingerprint density at radius 1 is 1.48 bits per heavy atom. The fraction of sp³-hybridized carbons (Fsp3) is 0.471. The van der Waals surface area contributed by atoms with E-state index in [1.165, 1.54) is 9.80 Å². The second-order valence-corrected chi connectivity index (χ2v) is 5.63. The Balaban J connectivity index is 2.25. The van der Waals surface area contributed by atoms with Crippen molar-refractivity contribution < 1.29 is 14.3 Å². The summed E-state index contributed by atoms with van der Waals surface area (Å²) in [6.07, 6.45) is 0.246.